The number of para-hydroxylation sites is 1. The van der Waals surface area contributed by atoms with Crippen molar-refractivity contribution in [3.8, 4) is 17.2 Å². The third-order valence-corrected chi connectivity index (χ3v) is 8.89. The number of aliphatic hydroxyl groups excluding tert-OH is 1. The van der Waals surface area contributed by atoms with Gasteiger partial charge in [-0.2, -0.15) is 0 Å². The smallest absolute Gasteiger partial charge is 0.350 e. The molecule has 0 bridgehead atoms. The van der Waals surface area contributed by atoms with Crippen molar-refractivity contribution in [1.29, 1.82) is 0 Å². The number of aryl methyl sites for hydroxylation is 2. The number of ketones is 1. The van der Waals surface area contributed by atoms with Crippen LogP contribution in [0.25, 0.3) is 5.76 Å². The van der Waals surface area contributed by atoms with Gasteiger partial charge in [0.1, 0.15) is 34.5 Å². The van der Waals surface area contributed by atoms with E-state index >= 15 is 0 Å². The number of hydrogen-bond acceptors (Lipinski definition) is 9. The second-order valence-electron chi connectivity index (χ2n) is 11.0. The van der Waals surface area contributed by atoms with E-state index in [1.165, 1.54) is 4.90 Å². The monoisotopic (exact) mass is 660 g/mol. The van der Waals surface area contributed by atoms with E-state index in [1.54, 1.807) is 63.2 Å². The van der Waals surface area contributed by atoms with Gasteiger partial charge in [-0.15, -0.1) is 0 Å². The Kier molecular flexibility index (Phi) is 9.36. The van der Waals surface area contributed by atoms with Crippen molar-refractivity contribution in [3.05, 3.63) is 142 Å². The number of esters is 1. The largest absolute Gasteiger partial charge is 0.507 e. The molecule has 1 aliphatic rings. The van der Waals surface area contributed by atoms with Crippen LogP contribution >= 0.6 is 11.3 Å². The molecule has 0 aliphatic carbocycles. The molecule has 5 aromatic rings. The average molecular weight is 661 g/mol. The number of aromatic nitrogens is 1. The van der Waals surface area contributed by atoms with Crippen molar-refractivity contribution in [2.24, 2.45) is 0 Å². The van der Waals surface area contributed by atoms with Crippen LogP contribution in [-0.4, -0.2) is 34.4 Å². The Morgan fingerprint density at radius 1 is 0.875 bits per heavy atom. The van der Waals surface area contributed by atoms with Crippen LogP contribution in [0.4, 0.5) is 5.13 Å². The molecule has 1 amide bonds. The molecule has 1 fully saturated rings. The molecule has 48 heavy (non-hydrogen) atoms. The molecule has 0 unspecified atom stereocenters. The molecule has 9 nitrogen and oxygen atoms in total. The predicted octanol–water partition coefficient (Wildman–Crippen LogP) is 7.93. The maximum absolute atomic E-state index is 13.8. The Bertz CT molecular complexity index is 2020. The minimum absolute atomic E-state index is 0.122. The van der Waals surface area contributed by atoms with E-state index in [1.807, 2.05) is 60.7 Å². The summed E-state index contributed by atoms with van der Waals surface area (Å²) in [6.45, 7) is 5.65. The molecular formula is C38H32N2O7S. The molecule has 1 aliphatic heterocycles. The number of amides is 1. The van der Waals surface area contributed by atoms with Gasteiger partial charge in [0.2, 0.25) is 0 Å². The second-order valence-corrected chi connectivity index (χ2v) is 12.0. The highest BCUT2D eigenvalue weighted by Gasteiger charge is 2.48. The number of hydrogen-bond donors (Lipinski definition) is 1. The van der Waals surface area contributed by atoms with Gasteiger partial charge in [-0.3, -0.25) is 14.5 Å². The standard InChI is InChI=1S/C38H32N2O7S/c1-4-45-37(44)35-24(3)39-38(48-35)40-32(26-14-11-17-29(21-26)47-27-15-9-6-10-16-27)31(34(42)36(40)43)33(41)30-19-18-28(20-23(30)2)46-22-25-12-7-5-8-13-25/h5-21,32,41H,4,22H2,1-3H3/t32-/m0/s1. The van der Waals surface area contributed by atoms with Crippen LogP contribution in [0.15, 0.2) is 109 Å². The summed E-state index contributed by atoms with van der Waals surface area (Å²) in [5, 5.41) is 11.9. The number of carbonyl (C=O) groups is 3. The first-order chi connectivity index (χ1) is 23.2. The van der Waals surface area contributed by atoms with Crippen LogP contribution in [0.1, 0.15) is 50.6 Å². The topological polar surface area (TPSA) is 115 Å². The van der Waals surface area contributed by atoms with Crippen molar-refractivity contribution in [2.75, 3.05) is 11.5 Å². The molecule has 10 heteroatoms. The molecule has 0 saturated carbocycles. The molecule has 6 rings (SSSR count). The third kappa shape index (κ3) is 6.56. The quantitative estimate of drug-likeness (QED) is 0.0695. The number of Topliss-reactive ketones (excluding diaryl/α,β-unsaturated/α-hetero) is 1. The summed E-state index contributed by atoms with van der Waals surface area (Å²) in [6.07, 6.45) is 0. The van der Waals surface area contributed by atoms with Gasteiger partial charge >= 0.3 is 11.9 Å². The Morgan fingerprint density at radius 3 is 2.29 bits per heavy atom. The lowest BCUT2D eigenvalue weighted by Crippen LogP contribution is -2.29. The Balaban J connectivity index is 1.43. The number of rotatable bonds is 10. The first-order valence-corrected chi connectivity index (χ1v) is 16.1. The first kappa shape index (κ1) is 32.2. The van der Waals surface area contributed by atoms with Crippen molar-refractivity contribution >= 4 is 39.9 Å². The Labute approximate surface area is 281 Å². The van der Waals surface area contributed by atoms with Crippen molar-refractivity contribution < 1.29 is 33.7 Å². The molecule has 2 heterocycles. The summed E-state index contributed by atoms with van der Waals surface area (Å²) in [7, 11) is 0. The van der Waals surface area contributed by atoms with Crippen LogP contribution in [0, 0.1) is 13.8 Å². The van der Waals surface area contributed by atoms with E-state index in [4.69, 9.17) is 14.2 Å². The molecule has 4 aromatic carbocycles. The van der Waals surface area contributed by atoms with Crippen LogP contribution in [0.2, 0.25) is 0 Å². The van der Waals surface area contributed by atoms with Gasteiger partial charge in [0.25, 0.3) is 5.78 Å². The van der Waals surface area contributed by atoms with E-state index in [0.717, 1.165) is 16.9 Å². The zero-order chi connectivity index (χ0) is 33.8. The highest BCUT2D eigenvalue weighted by molar-refractivity contribution is 7.17. The second kappa shape index (κ2) is 13.9. The highest BCUT2D eigenvalue weighted by atomic mass is 32.1. The maximum Gasteiger partial charge on any atom is 0.350 e. The van der Waals surface area contributed by atoms with Gasteiger partial charge in [0.15, 0.2) is 5.13 Å². The van der Waals surface area contributed by atoms with E-state index in [9.17, 15) is 19.5 Å². The highest BCUT2D eigenvalue weighted by Crippen LogP contribution is 2.45. The van der Waals surface area contributed by atoms with Crippen molar-refractivity contribution in [1.82, 2.24) is 4.98 Å². The maximum atomic E-state index is 13.8. The van der Waals surface area contributed by atoms with Crippen molar-refractivity contribution in [3.63, 3.8) is 0 Å². The molecule has 1 saturated heterocycles. The van der Waals surface area contributed by atoms with Gasteiger partial charge in [-0.05, 0) is 79.9 Å². The van der Waals surface area contributed by atoms with Crippen LogP contribution in [0.3, 0.4) is 0 Å². The normalized spacial score (nSPS) is 15.4. The van der Waals surface area contributed by atoms with Crippen LogP contribution in [-0.2, 0) is 20.9 Å². The zero-order valence-corrected chi connectivity index (χ0v) is 27.3. The summed E-state index contributed by atoms with van der Waals surface area (Å²) < 4.78 is 17.2. The number of ether oxygens (including phenoxy) is 3. The van der Waals surface area contributed by atoms with Gasteiger partial charge in [-0.25, -0.2) is 9.78 Å². The average Bonchev–Trinajstić information content (AvgIpc) is 3.60. The van der Waals surface area contributed by atoms with Gasteiger partial charge in [0, 0.05) is 5.56 Å². The fourth-order valence-electron chi connectivity index (χ4n) is 5.47. The Morgan fingerprint density at radius 2 is 1.58 bits per heavy atom. The lowest BCUT2D eigenvalue weighted by Gasteiger charge is -2.23. The number of thiazole rings is 1. The molecule has 1 N–H and O–H groups in total. The van der Waals surface area contributed by atoms with E-state index in [2.05, 4.69) is 4.98 Å². The minimum atomic E-state index is -1.08. The molecular weight excluding hydrogens is 628 g/mol. The lowest BCUT2D eigenvalue weighted by molar-refractivity contribution is -0.132. The fraction of sp³-hybridized carbons (Fsp3) is 0.158. The molecule has 1 atom stereocenters. The van der Waals surface area contributed by atoms with Gasteiger partial charge in [-0.1, -0.05) is 72.0 Å². The summed E-state index contributed by atoms with van der Waals surface area (Å²) in [6, 6.07) is 29.9. The summed E-state index contributed by atoms with van der Waals surface area (Å²) in [5.74, 6) is -1.05. The zero-order valence-electron chi connectivity index (χ0n) is 26.5. The third-order valence-electron chi connectivity index (χ3n) is 7.75. The van der Waals surface area contributed by atoms with Crippen LogP contribution in [0.5, 0.6) is 17.2 Å². The Hall–Kier alpha value is -5.74. The van der Waals surface area contributed by atoms with E-state index in [-0.39, 0.29) is 27.9 Å². The van der Waals surface area contributed by atoms with Gasteiger partial charge in [0.05, 0.1) is 23.9 Å². The summed E-state index contributed by atoms with van der Waals surface area (Å²) in [5.41, 5.74) is 2.74. The molecule has 1 aromatic heterocycles. The predicted molar refractivity (Wildman–Crippen MR) is 183 cm³/mol. The molecule has 242 valence electrons. The van der Waals surface area contributed by atoms with Crippen molar-refractivity contribution in [2.45, 2.75) is 33.4 Å². The summed E-state index contributed by atoms with van der Waals surface area (Å²) >= 11 is 0.949. The number of nitrogens with zero attached hydrogens (tertiary/aromatic N) is 2. The number of carbonyl (C=O) groups excluding carboxylic acids is 3. The first-order valence-electron chi connectivity index (χ1n) is 15.3. The van der Waals surface area contributed by atoms with Gasteiger partial charge < -0.3 is 19.3 Å². The SMILES string of the molecule is CCOC(=O)c1sc(N2C(=O)C(=O)C(=C(O)c3ccc(OCc4ccccc4)cc3C)[C@@H]2c2cccc(Oc3ccccc3)c2)nc1C. The lowest BCUT2D eigenvalue weighted by atomic mass is 9.94. The van der Waals surface area contributed by atoms with Crippen LogP contribution < -0.4 is 14.4 Å². The minimum Gasteiger partial charge on any atom is -0.507 e. The van der Waals surface area contributed by atoms with E-state index in [0.29, 0.717) is 46.2 Å². The fourth-order valence-corrected chi connectivity index (χ4v) is 6.45. The summed E-state index contributed by atoms with van der Waals surface area (Å²) in [4.78, 5) is 46.3. The molecule has 0 spiro atoms. The number of benzene rings is 4. The number of anilines is 1. The number of aliphatic hydroxyl groups is 1. The van der Waals surface area contributed by atoms with E-state index < -0.39 is 23.7 Å². The molecule has 0 radical (unpaired) electrons.